The van der Waals surface area contributed by atoms with Crippen LogP contribution in [0.2, 0.25) is 0 Å². The van der Waals surface area contributed by atoms with Crippen LogP contribution < -0.4 is 5.73 Å². The Balaban J connectivity index is 3.14. The zero-order valence-corrected chi connectivity index (χ0v) is 8.84. The fraction of sp³-hybridized carbons (Fsp3) is 0.333. The molecule has 0 aliphatic rings. The molecule has 0 unspecified atom stereocenters. The SMILES string of the molecule is C/C=C(\N)c1cccc(C(C)(C)F)c1. The van der Waals surface area contributed by atoms with Crippen LogP contribution in [0, 0.1) is 0 Å². The summed E-state index contributed by atoms with van der Waals surface area (Å²) in [6.45, 7) is 4.94. The Morgan fingerprint density at radius 3 is 2.57 bits per heavy atom. The zero-order valence-electron chi connectivity index (χ0n) is 8.84. The maximum atomic E-state index is 13.6. The summed E-state index contributed by atoms with van der Waals surface area (Å²) in [7, 11) is 0. The van der Waals surface area contributed by atoms with E-state index in [0.29, 0.717) is 11.3 Å². The van der Waals surface area contributed by atoms with Gasteiger partial charge < -0.3 is 5.73 Å². The lowest BCUT2D eigenvalue weighted by Gasteiger charge is -2.15. The van der Waals surface area contributed by atoms with Crippen LogP contribution in [0.1, 0.15) is 31.9 Å². The van der Waals surface area contributed by atoms with Crippen molar-refractivity contribution in [3.8, 4) is 0 Å². The standard InChI is InChI=1S/C12H16FN/c1-4-11(14)9-6-5-7-10(8-9)12(2,3)13/h4-8H,14H2,1-3H3/b11-4-. The number of nitrogens with two attached hydrogens (primary N) is 1. The van der Waals surface area contributed by atoms with E-state index in [9.17, 15) is 4.39 Å². The van der Waals surface area contributed by atoms with Gasteiger partial charge in [-0.2, -0.15) is 0 Å². The summed E-state index contributed by atoms with van der Waals surface area (Å²) in [6.07, 6.45) is 1.81. The number of benzene rings is 1. The van der Waals surface area contributed by atoms with Gasteiger partial charge in [0, 0.05) is 5.70 Å². The van der Waals surface area contributed by atoms with Crippen LogP contribution in [-0.4, -0.2) is 0 Å². The molecule has 0 spiro atoms. The third kappa shape index (κ3) is 2.34. The summed E-state index contributed by atoms with van der Waals surface area (Å²) >= 11 is 0. The van der Waals surface area contributed by atoms with E-state index in [4.69, 9.17) is 5.73 Å². The number of rotatable bonds is 2. The minimum atomic E-state index is -1.32. The number of halogens is 1. The monoisotopic (exact) mass is 193 g/mol. The quantitative estimate of drug-likeness (QED) is 0.766. The number of hydrogen-bond donors (Lipinski definition) is 1. The molecule has 0 aliphatic carbocycles. The minimum absolute atomic E-state index is 0.653. The van der Waals surface area contributed by atoms with Gasteiger partial charge in [0.2, 0.25) is 0 Å². The number of alkyl halides is 1. The van der Waals surface area contributed by atoms with E-state index in [1.807, 2.05) is 25.1 Å². The van der Waals surface area contributed by atoms with Crippen LogP contribution in [0.25, 0.3) is 5.70 Å². The van der Waals surface area contributed by atoms with Gasteiger partial charge in [0.25, 0.3) is 0 Å². The summed E-state index contributed by atoms with van der Waals surface area (Å²) in [5.74, 6) is 0. The molecule has 0 heterocycles. The third-order valence-electron chi connectivity index (χ3n) is 2.19. The predicted molar refractivity (Wildman–Crippen MR) is 58.4 cm³/mol. The molecule has 76 valence electrons. The Labute approximate surface area is 84.4 Å². The van der Waals surface area contributed by atoms with Gasteiger partial charge in [0.15, 0.2) is 0 Å². The van der Waals surface area contributed by atoms with E-state index in [1.165, 1.54) is 13.8 Å². The number of allylic oxidation sites excluding steroid dienone is 1. The van der Waals surface area contributed by atoms with Gasteiger partial charge in [0.1, 0.15) is 5.67 Å². The van der Waals surface area contributed by atoms with E-state index in [2.05, 4.69) is 0 Å². The average molecular weight is 193 g/mol. The van der Waals surface area contributed by atoms with E-state index in [0.717, 1.165) is 5.56 Å². The van der Waals surface area contributed by atoms with E-state index < -0.39 is 5.67 Å². The van der Waals surface area contributed by atoms with E-state index in [1.54, 1.807) is 12.1 Å². The molecule has 0 radical (unpaired) electrons. The average Bonchev–Trinajstić information content (AvgIpc) is 2.15. The Hall–Kier alpha value is -1.31. The summed E-state index contributed by atoms with van der Waals surface area (Å²) in [5, 5.41) is 0. The van der Waals surface area contributed by atoms with Gasteiger partial charge in [-0.1, -0.05) is 24.3 Å². The molecule has 0 bridgehead atoms. The predicted octanol–water partition coefficient (Wildman–Crippen LogP) is 3.21. The second-order valence-corrected chi connectivity index (χ2v) is 3.80. The first-order valence-corrected chi connectivity index (χ1v) is 4.67. The van der Waals surface area contributed by atoms with Gasteiger partial charge >= 0.3 is 0 Å². The molecular weight excluding hydrogens is 177 g/mol. The highest BCUT2D eigenvalue weighted by molar-refractivity contribution is 5.62. The first kappa shape index (κ1) is 10.8. The zero-order chi connectivity index (χ0) is 10.8. The van der Waals surface area contributed by atoms with Crippen molar-refractivity contribution in [1.82, 2.24) is 0 Å². The molecule has 0 fully saturated rings. The van der Waals surface area contributed by atoms with Crippen molar-refractivity contribution >= 4 is 5.70 Å². The fourth-order valence-electron chi connectivity index (χ4n) is 1.24. The molecule has 0 saturated heterocycles. The summed E-state index contributed by atoms with van der Waals surface area (Å²) < 4.78 is 13.6. The van der Waals surface area contributed by atoms with Gasteiger partial charge in [-0.25, -0.2) is 4.39 Å². The lowest BCUT2D eigenvalue weighted by atomic mass is 9.97. The molecule has 0 saturated carbocycles. The lowest BCUT2D eigenvalue weighted by Crippen LogP contribution is -2.09. The van der Waals surface area contributed by atoms with Crippen LogP contribution in [0.5, 0.6) is 0 Å². The first-order valence-electron chi connectivity index (χ1n) is 4.67. The molecule has 0 amide bonds. The van der Waals surface area contributed by atoms with Gasteiger partial charge in [-0.3, -0.25) is 0 Å². The Kier molecular flexibility index (Phi) is 2.94. The highest BCUT2D eigenvalue weighted by Gasteiger charge is 2.18. The fourth-order valence-corrected chi connectivity index (χ4v) is 1.24. The van der Waals surface area contributed by atoms with Crippen LogP contribution in [0.4, 0.5) is 4.39 Å². The molecule has 0 aliphatic heterocycles. The van der Waals surface area contributed by atoms with Crippen LogP contribution in [-0.2, 0) is 5.67 Å². The van der Waals surface area contributed by atoms with Gasteiger partial charge in [-0.15, -0.1) is 0 Å². The van der Waals surface area contributed by atoms with Crippen LogP contribution in [0.3, 0.4) is 0 Å². The van der Waals surface area contributed by atoms with Gasteiger partial charge in [0.05, 0.1) is 0 Å². The van der Waals surface area contributed by atoms with E-state index >= 15 is 0 Å². The second kappa shape index (κ2) is 3.82. The van der Waals surface area contributed by atoms with Crippen LogP contribution in [0.15, 0.2) is 30.3 Å². The minimum Gasteiger partial charge on any atom is -0.399 e. The number of hydrogen-bond acceptors (Lipinski definition) is 1. The highest BCUT2D eigenvalue weighted by Crippen LogP contribution is 2.26. The van der Waals surface area contributed by atoms with Crippen molar-refractivity contribution in [2.75, 3.05) is 0 Å². The highest BCUT2D eigenvalue weighted by atomic mass is 19.1. The Morgan fingerprint density at radius 1 is 1.43 bits per heavy atom. The maximum absolute atomic E-state index is 13.6. The topological polar surface area (TPSA) is 26.0 Å². The molecule has 1 nitrogen and oxygen atoms in total. The normalized spacial score (nSPS) is 13.0. The summed E-state index contributed by atoms with van der Waals surface area (Å²) in [5.41, 5.74) is 6.63. The smallest absolute Gasteiger partial charge is 0.130 e. The summed E-state index contributed by atoms with van der Waals surface area (Å²) in [4.78, 5) is 0. The molecule has 0 atom stereocenters. The Morgan fingerprint density at radius 2 is 2.07 bits per heavy atom. The van der Waals surface area contributed by atoms with Crippen molar-refractivity contribution in [2.45, 2.75) is 26.4 Å². The molecule has 1 aromatic carbocycles. The van der Waals surface area contributed by atoms with Crippen molar-refractivity contribution in [1.29, 1.82) is 0 Å². The third-order valence-corrected chi connectivity index (χ3v) is 2.19. The summed E-state index contributed by atoms with van der Waals surface area (Å²) in [6, 6.07) is 7.26. The molecule has 2 N–H and O–H groups in total. The van der Waals surface area contributed by atoms with Crippen molar-refractivity contribution < 1.29 is 4.39 Å². The molecule has 1 aromatic rings. The molecule has 2 heteroatoms. The molecular formula is C12H16FN. The lowest BCUT2D eigenvalue weighted by molar-refractivity contribution is 0.221. The van der Waals surface area contributed by atoms with Crippen molar-refractivity contribution in [3.63, 3.8) is 0 Å². The first-order chi connectivity index (χ1) is 6.45. The van der Waals surface area contributed by atoms with E-state index in [-0.39, 0.29) is 0 Å². The van der Waals surface area contributed by atoms with Crippen LogP contribution >= 0.6 is 0 Å². The maximum Gasteiger partial charge on any atom is 0.130 e. The van der Waals surface area contributed by atoms with Crippen molar-refractivity contribution in [3.05, 3.63) is 41.5 Å². The van der Waals surface area contributed by atoms with Crippen molar-refractivity contribution in [2.24, 2.45) is 5.73 Å². The molecule has 14 heavy (non-hydrogen) atoms. The molecule has 1 rings (SSSR count). The largest absolute Gasteiger partial charge is 0.399 e. The Bertz CT molecular complexity index is 348. The second-order valence-electron chi connectivity index (χ2n) is 3.80. The molecule has 0 aromatic heterocycles. The van der Waals surface area contributed by atoms with Gasteiger partial charge in [-0.05, 0) is 38.0 Å².